The van der Waals surface area contributed by atoms with Gasteiger partial charge in [0.2, 0.25) is 0 Å². The maximum absolute atomic E-state index is 12.7. The van der Waals surface area contributed by atoms with E-state index in [0.717, 1.165) is 17.7 Å². The molecule has 4 rings (SSSR count). The molecule has 2 aliphatic rings. The predicted octanol–water partition coefficient (Wildman–Crippen LogP) is 4.69. The molecule has 1 saturated heterocycles. The van der Waals surface area contributed by atoms with Crippen molar-refractivity contribution in [1.82, 2.24) is 0 Å². The summed E-state index contributed by atoms with van der Waals surface area (Å²) in [6.07, 6.45) is 2.08. The fourth-order valence-electron chi connectivity index (χ4n) is 3.68. The Balaban J connectivity index is 1.36. The first-order valence-electron chi connectivity index (χ1n) is 9.54. The van der Waals surface area contributed by atoms with Gasteiger partial charge in [0.25, 0.3) is 5.91 Å². The van der Waals surface area contributed by atoms with Crippen LogP contribution in [-0.4, -0.2) is 36.0 Å². The lowest BCUT2D eigenvalue weighted by atomic mass is 10.1. The minimum Gasteiger partial charge on any atom is -0.452 e. The van der Waals surface area contributed by atoms with Gasteiger partial charge < -0.3 is 9.64 Å². The van der Waals surface area contributed by atoms with E-state index in [2.05, 4.69) is 0 Å². The molecule has 28 heavy (non-hydrogen) atoms. The van der Waals surface area contributed by atoms with Gasteiger partial charge >= 0.3 is 5.97 Å². The average Bonchev–Trinajstić information content (AvgIpc) is 3.08. The third-order valence-corrected chi connectivity index (χ3v) is 8.06. The lowest BCUT2D eigenvalue weighted by Gasteiger charge is -2.22. The van der Waals surface area contributed by atoms with Gasteiger partial charge in [-0.05, 0) is 60.6 Å². The molecular weight excluding hydrogens is 390 g/mol. The maximum Gasteiger partial charge on any atom is 0.338 e. The number of thioether (sulfide) groups is 2. The van der Waals surface area contributed by atoms with Gasteiger partial charge in [0.1, 0.15) is 0 Å². The van der Waals surface area contributed by atoms with E-state index >= 15 is 0 Å². The number of hydrogen-bond acceptors (Lipinski definition) is 5. The summed E-state index contributed by atoms with van der Waals surface area (Å²) in [5.74, 6) is 1.73. The summed E-state index contributed by atoms with van der Waals surface area (Å²) >= 11 is 3.90. The normalized spacial score (nSPS) is 19.3. The van der Waals surface area contributed by atoms with Gasteiger partial charge in [-0.15, -0.1) is 23.5 Å². The number of carbonyl (C=O) groups is 2. The average molecular weight is 414 g/mol. The van der Waals surface area contributed by atoms with Gasteiger partial charge in [-0.1, -0.05) is 30.3 Å². The van der Waals surface area contributed by atoms with Crippen LogP contribution in [0.15, 0.2) is 48.5 Å². The van der Waals surface area contributed by atoms with Crippen LogP contribution in [0.4, 0.5) is 5.69 Å². The van der Waals surface area contributed by atoms with E-state index in [0.29, 0.717) is 10.1 Å². The highest BCUT2D eigenvalue weighted by molar-refractivity contribution is 8.16. The number of anilines is 1. The molecule has 6 heteroatoms. The molecule has 0 N–H and O–H groups in total. The number of ether oxygens (including phenoxy) is 1. The van der Waals surface area contributed by atoms with Crippen LogP contribution in [0.5, 0.6) is 0 Å². The van der Waals surface area contributed by atoms with Gasteiger partial charge in [-0.2, -0.15) is 0 Å². The summed E-state index contributed by atoms with van der Waals surface area (Å²) in [5, 5.41) is 0. The maximum atomic E-state index is 12.7. The molecule has 1 fully saturated rings. The van der Waals surface area contributed by atoms with E-state index in [1.807, 2.05) is 66.8 Å². The van der Waals surface area contributed by atoms with Gasteiger partial charge in [0.15, 0.2) is 6.61 Å². The third kappa shape index (κ3) is 4.08. The minimum atomic E-state index is -0.455. The van der Waals surface area contributed by atoms with Crippen LogP contribution in [0.3, 0.4) is 0 Å². The summed E-state index contributed by atoms with van der Waals surface area (Å²) in [6, 6.07) is 15.5. The van der Waals surface area contributed by atoms with Crippen LogP contribution in [-0.2, 0) is 16.0 Å². The van der Waals surface area contributed by atoms with Gasteiger partial charge in [-0.3, -0.25) is 4.79 Å². The topological polar surface area (TPSA) is 46.6 Å². The van der Waals surface area contributed by atoms with Crippen LogP contribution in [0.1, 0.15) is 39.4 Å². The van der Waals surface area contributed by atoms with E-state index in [1.54, 1.807) is 17.0 Å². The second kappa shape index (κ2) is 8.62. The fraction of sp³-hybridized carbons (Fsp3) is 0.364. The Morgan fingerprint density at radius 3 is 2.54 bits per heavy atom. The van der Waals surface area contributed by atoms with Crippen molar-refractivity contribution in [2.75, 3.05) is 23.0 Å². The molecular formula is C22H23NO3S2. The van der Waals surface area contributed by atoms with Crippen molar-refractivity contribution < 1.29 is 14.3 Å². The van der Waals surface area contributed by atoms with E-state index < -0.39 is 5.97 Å². The SMILES string of the molecule is C[C@H]1Cc2ccccc2N1C(=O)COC(=O)c1ccc(C2SCCCS2)cc1. The van der Waals surface area contributed by atoms with E-state index in [1.165, 1.54) is 23.5 Å². The fourth-order valence-corrected chi connectivity index (χ4v) is 6.58. The molecule has 0 aromatic heterocycles. The highest BCUT2D eigenvalue weighted by Gasteiger charge is 2.31. The Hall–Kier alpha value is -1.92. The number of benzene rings is 2. The van der Waals surface area contributed by atoms with Crippen molar-refractivity contribution in [2.24, 2.45) is 0 Å². The molecule has 2 heterocycles. The van der Waals surface area contributed by atoms with Crippen LogP contribution < -0.4 is 4.90 Å². The zero-order chi connectivity index (χ0) is 19.5. The highest BCUT2D eigenvalue weighted by Crippen LogP contribution is 2.43. The molecule has 2 aromatic rings. The van der Waals surface area contributed by atoms with Crippen molar-refractivity contribution in [3.8, 4) is 0 Å². The monoisotopic (exact) mass is 413 g/mol. The van der Waals surface area contributed by atoms with Gasteiger partial charge in [0, 0.05) is 11.7 Å². The summed E-state index contributed by atoms with van der Waals surface area (Å²) in [4.78, 5) is 26.8. The zero-order valence-corrected chi connectivity index (χ0v) is 17.4. The molecule has 0 unspecified atom stereocenters. The smallest absolute Gasteiger partial charge is 0.338 e. The minimum absolute atomic E-state index is 0.0772. The molecule has 1 atom stereocenters. The molecule has 0 aliphatic carbocycles. The molecule has 1 amide bonds. The second-order valence-electron chi connectivity index (χ2n) is 7.07. The van der Waals surface area contributed by atoms with E-state index in [9.17, 15) is 9.59 Å². The molecule has 146 valence electrons. The van der Waals surface area contributed by atoms with Crippen LogP contribution >= 0.6 is 23.5 Å². The Morgan fingerprint density at radius 1 is 1.07 bits per heavy atom. The highest BCUT2D eigenvalue weighted by atomic mass is 32.2. The number of para-hydroxylation sites is 1. The second-order valence-corrected chi connectivity index (χ2v) is 9.80. The number of amides is 1. The zero-order valence-electron chi connectivity index (χ0n) is 15.8. The van der Waals surface area contributed by atoms with Gasteiger partial charge in [-0.25, -0.2) is 4.79 Å². The number of fused-ring (bicyclic) bond motifs is 1. The Kier molecular flexibility index (Phi) is 5.97. The first-order valence-corrected chi connectivity index (χ1v) is 11.6. The molecule has 0 spiro atoms. The van der Waals surface area contributed by atoms with Gasteiger partial charge in [0.05, 0.1) is 10.1 Å². The standard InChI is InChI=1S/C22H23NO3S2/c1-15-13-18-5-2-3-6-19(18)23(15)20(24)14-26-21(25)16-7-9-17(10-8-16)22-27-11-4-12-28-22/h2-3,5-10,15,22H,4,11-14H2,1H3/t15-/m0/s1. The summed E-state index contributed by atoms with van der Waals surface area (Å²) in [5.41, 5.74) is 3.79. The number of esters is 1. The van der Waals surface area contributed by atoms with Crippen LogP contribution in [0.2, 0.25) is 0 Å². The van der Waals surface area contributed by atoms with Crippen molar-refractivity contribution in [3.63, 3.8) is 0 Å². The van der Waals surface area contributed by atoms with E-state index in [4.69, 9.17) is 4.74 Å². The Morgan fingerprint density at radius 2 is 1.79 bits per heavy atom. The molecule has 4 nitrogen and oxygen atoms in total. The lowest BCUT2D eigenvalue weighted by molar-refractivity contribution is -0.122. The first kappa shape index (κ1) is 19.4. The number of hydrogen-bond donors (Lipinski definition) is 0. The van der Waals surface area contributed by atoms with Crippen molar-refractivity contribution >= 4 is 41.1 Å². The Bertz CT molecular complexity index is 862. The predicted molar refractivity (Wildman–Crippen MR) is 116 cm³/mol. The third-order valence-electron chi connectivity index (χ3n) is 5.05. The summed E-state index contributed by atoms with van der Waals surface area (Å²) < 4.78 is 5.75. The largest absolute Gasteiger partial charge is 0.452 e. The van der Waals surface area contributed by atoms with Crippen LogP contribution in [0, 0.1) is 0 Å². The first-order chi connectivity index (χ1) is 13.6. The molecule has 0 bridgehead atoms. The van der Waals surface area contributed by atoms with Crippen molar-refractivity contribution in [1.29, 1.82) is 0 Å². The molecule has 0 saturated carbocycles. The molecule has 2 aliphatic heterocycles. The van der Waals surface area contributed by atoms with Crippen molar-refractivity contribution in [3.05, 3.63) is 65.2 Å². The molecule has 2 aromatic carbocycles. The molecule has 0 radical (unpaired) electrons. The quantitative estimate of drug-likeness (QED) is 0.681. The van der Waals surface area contributed by atoms with Crippen molar-refractivity contribution in [2.45, 2.75) is 30.4 Å². The summed E-state index contributed by atoms with van der Waals surface area (Å²) in [7, 11) is 0. The Labute approximate surface area is 174 Å². The summed E-state index contributed by atoms with van der Waals surface area (Å²) in [6.45, 7) is 1.77. The number of rotatable bonds is 4. The van der Waals surface area contributed by atoms with E-state index in [-0.39, 0.29) is 18.6 Å². The lowest BCUT2D eigenvalue weighted by Crippen LogP contribution is -2.38. The number of carbonyl (C=O) groups excluding carboxylic acids is 2. The number of nitrogens with zero attached hydrogens (tertiary/aromatic N) is 1. The van der Waals surface area contributed by atoms with Crippen LogP contribution in [0.25, 0.3) is 0 Å².